The van der Waals surface area contributed by atoms with Crippen LogP contribution >= 0.6 is 23.2 Å². The number of amides is 2. The molecule has 2 aromatic carbocycles. The molecule has 0 saturated heterocycles. The summed E-state index contributed by atoms with van der Waals surface area (Å²) in [5.41, 5.74) is 2.49. The second-order valence-corrected chi connectivity index (χ2v) is 6.84. The molecule has 1 unspecified atom stereocenters. The number of carbonyl (C=O) groups excluding carboxylic acids is 1. The van der Waals surface area contributed by atoms with Gasteiger partial charge in [0.15, 0.2) is 0 Å². The lowest BCUT2D eigenvalue weighted by Gasteiger charge is -2.15. The van der Waals surface area contributed by atoms with Gasteiger partial charge < -0.3 is 20.7 Å². The summed E-state index contributed by atoms with van der Waals surface area (Å²) in [5, 5.41) is 16.3. The van der Waals surface area contributed by atoms with Crippen LogP contribution in [-0.2, 0) is 17.8 Å². The quantitative estimate of drug-likeness (QED) is 0.499. The van der Waals surface area contributed by atoms with Gasteiger partial charge in [0, 0.05) is 30.1 Å². The number of carbonyl (C=O) groups is 2. The molecule has 140 valence electrons. The maximum absolute atomic E-state index is 12.1. The molecule has 1 heterocycles. The normalized spacial score (nSPS) is 11.9. The van der Waals surface area contributed by atoms with Crippen molar-refractivity contribution in [2.45, 2.75) is 19.0 Å². The Morgan fingerprint density at radius 2 is 1.89 bits per heavy atom. The first-order valence-electron chi connectivity index (χ1n) is 8.20. The number of aliphatic carboxylic acids is 1. The van der Waals surface area contributed by atoms with Crippen LogP contribution in [0.5, 0.6) is 0 Å². The fourth-order valence-corrected chi connectivity index (χ4v) is 3.08. The first-order valence-corrected chi connectivity index (χ1v) is 8.95. The Balaban J connectivity index is 1.62. The minimum absolute atomic E-state index is 0.166. The van der Waals surface area contributed by atoms with E-state index in [1.807, 2.05) is 24.3 Å². The second kappa shape index (κ2) is 8.33. The third-order valence-corrected chi connectivity index (χ3v) is 4.88. The molecule has 0 aliphatic carbocycles. The molecule has 2 amide bonds. The summed E-state index contributed by atoms with van der Waals surface area (Å²) < 4.78 is 0. The number of hydrogen-bond acceptors (Lipinski definition) is 2. The number of H-pyrrole nitrogens is 1. The van der Waals surface area contributed by atoms with E-state index < -0.39 is 18.0 Å². The third kappa shape index (κ3) is 4.72. The number of carboxylic acids is 1. The molecule has 27 heavy (non-hydrogen) atoms. The van der Waals surface area contributed by atoms with Crippen LogP contribution in [0.2, 0.25) is 10.0 Å². The summed E-state index contributed by atoms with van der Waals surface area (Å²) in [4.78, 5) is 26.8. The van der Waals surface area contributed by atoms with Gasteiger partial charge in [-0.05, 0) is 29.3 Å². The molecule has 0 bridgehead atoms. The Bertz CT molecular complexity index is 987. The van der Waals surface area contributed by atoms with E-state index in [1.165, 1.54) is 0 Å². The number of urea groups is 1. The molecule has 0 fully saturated rings. The van der Waals surface area contributed by atoms with Crippen LogP contribution in [0, 0.1) is 0 Å². The van der Waals surface area contributed by atoms with Crippen LogP contribution in [0.3, 0.4) is 0 Å². The number of fused-ring (bicyclic) bond motifs is 1. The summed E-state index contributed by atoms with van der Waals surface area (Å²) in [6.07, 6.45) is 1.93. The number of rotatable bonds is 6. The highest BCUT2D eigenvalue weighted by Crippen LogP contribution is 2.22. The zero-order valence-corrected chi connectivity index (χ0v) is 15.6. The van der Waals surface area contributed by atoms with E-state index in [2.05, 4.69) is 15.6 Å². The van der Waals surface area contributed by atoms with E-state index in [4.69, 9.17) is 23.2 Å². The van der Waals surface area contributed by atoms with E-state index in [0.717, 1.165) is 22.0 Å². The van der Waals surface area contributed by atoms with Crippen molar-refractivity contribution in [1.29, 1.82) is 0 Å². The largest absolute Gasteiger partial charge is 0.480 e. The SMILES string of the molecule is O=C(NCc1ccc(Cl)c(Cl)c1)NC(Cc1c[nH]c2ccccc12)C(=O)O. The predicted octanol–water partition coefficient (Wildman–Crippen LogP) is 3.97. The van der Waals surface area contributed by atoms with Crippen LogP contribution in [0.4, 0.5) is 4.79 Å². The first kappa shape index (κ1) is 19.1. The number of hydrogen-bond donors (Lipinski definition) is 4. The highest BCUT2D eigenvalue weighted by atomic mass is 35.5. The van der Waals surface area contributed by atoms with Gasteiger partial charge in [0.1, 0.15) is 6.04 Å². The highest BCUT2D eigenvalue weighted by Gasteiger charge is 2.21. The van der Waals surface area contributed by atoms with E-state index >= 15 is 0 Å². The van der Waals surface area contributed by atoms with Gasteiger partial charge >= 0.3 is 12.0 Å². The lowest BCUT2D eigenvalue weighted by Crippen LogP contribution is -2.46. The molecule has 4 N–H and O–H groups in total. The molecule has 0 radical (unpaired) electrons. The van der Waals surface area contributed by atoms with Crippen LogP contribution in [0.1, 0.15) is 11.1 Å². The number of nitrogens with one attached hydrogen (secondary N) is 3. The van der Waals surface area contributed by atoms with Crippen molar-refractivity contribution in [2.75, 3.05) is 0 Å². The summed E-state index contributed by atoms with van der Waals surface area (Å²) in [7, 11) is 0. The molecular formula is C19H17Cl2N3O3. The van der Waals surface area contributed by atoms with Crippen molar-refractivity contribution >= 4 is 46.1 Å². The average Bonchev–Trinajstić information content (AvgIpc) is 3.05. The molecule has 6 nitrogen and oxygen atoms in total. The lowest BCUT2D eigenvalue weighted by molar-refractivity contribution is -0.139. The number of aromatic nitrogens is 1. The Kier molecular flexibility index (Phi) is 5.88. The Labute approximate surface area is 165 Å². The van der Waals surface area contributed by atoms with Crippen molar-refractivity contribution in [1.82, 2.24) is 15.6 Å². The topological polar surface area (TPSA) is 94.2 Å². The van der Waals surface area contributed by atoms with Gasteiger partial charge in [-0.1, -0.05) is 47.5 Å². The molecular weight excluding hydrogens is 389 g/mol. The monoisotopic (exact) mass is 405 g/mol. The van der Waals surface area contributed by atoms with Gasteiger partial charge in [0.25, 0.3) is 0 Å². The van der Waals surface area contributed by atoms with Crippen LogP contribution < -0.4 is 10.6 Å². The molecule has 0 saturated carbocycles. The van der Waals surface area contributed by atoms with E-state index in [0.29, 0.717) is 10.0 Å². The van der Waals surface area contributed by atoms with Gasteiger partial charge in [-0.2, -0.15) is 0 Å². The van der Waals surface area contributed by atoms with Gasteiger partial charge in [0.2, 0.25) is 0 Å². The minimum Gasteiger partial charge on any atom is -0.480 e. The fourth-order valence-electron chi connectivity index (χ4n) is 2.76. The minimum atomic E-state index is -1.11. The summed E-state index contributed by atoms with van der Waals surface area (Å²) >= 11 is 11.8. The van der Waals surface area contributed by atoms with Gasteiger partial charge in [-0.25, -0.2) is 9.59 Å². The molecule has 1 atom stereocenters. The van der Waals surface area contributed by atoms with Gasteiger partial charge in [-0.3, -0.25) is 0 Å². The molecule has 0 spiro atoms. The second-order valence-electron chi connectivity index (χ2n) is 6.03. The third-order valence-electron chi connectivity index (χ3n) is 4.14. The van der Waals surface area contributed by atoms with Gasteiger partial charge in [-0.15, -0.1) is 0 Å². The Hall–Kier alpha value is -2.70. The summed E-state index contributed by atoms with van der Waals surface area (Å²) in [5.74, 6) is -1.11. The van der Waals surface area contributed by atoms with Crippen molar-refractivity contribution in [2.24, 2.45) is 0 Å². The molecule has 0 aliphatic heterocycles. The van der Waals surface area contributed by atoms with Crippen molar-refractivity contribution in [3.05, 3.63) is 69.8 Å². The van der Waals surface area contributed by atoms with E-state index in [-0.39, 0.29) is 13.0 Å². The fraction of sp³-hybridized carbons (Fsp3) is 0.158. The number of para-hydroxylation sites is 1. The number of carboxylic acid groups (broad SMARTS) is 1. The zero-order chi connectivity index (χ0) is 19.4. The van der Waals surface area contributed by atoms with Crippen LogP contribution in [0.25, 0.3) is 10.9 Å². The highest BCUT2D eigenvalue weighted by molar-refractivity contribution is 6.42. The van der Waals surface area contributed by atoms with Crippen molar-refractivity contribution in [3.8, 4) is 0 Å². The van der Waals surface area contributed by atoms with Crippen LogP contribution in [-0.4, -0.2) is 28.1 Å². The maximum atomic E-state index is 12.1. The molecule has 1 aromatic heterocycles. The summed E-state index contributed by atoms with van der Waals surface area (Å²) in [6.45, 7) is 0.197. The molecule has 3 rings (SSSR count). The average molecular weight is 406 g/mol. The van der Waals surface area contributed by atoms with Crippen molar-refractivity contribution in [3.63, 3.8) is 0 Å². The zero-order valence-electron chi connectivity index (χ0n) is 14.1. The predicted molar refractivity (Wildman–Crippen MR) is 105 cm³/mol. The molecule has 0 aliphatic rings. The number of aromatic amines is 1. The Morgan fingerprint density at radius 3 is 2.63 bits per heavy atom. The summed E-state index contributed by atoms with van der Waals surface area (Å²) in [6, 6.07) is 11.0. The van der Waals surface area contributed by atoms with E-state index in [9.17, 15) is 14.7 Å². The Morgan fingerprint density at radius 1 is 1.11 bits per heavy atom. The van der Waals surface area contributed by atoms with Gasteiger partial charge in [0.05, 0.1) is 10.0 Å². The smallest absolute Gasteiger partial charge is 0.326 e. The number of halogens is 2. The number of benzene rings is 2. The first-order chi connectivity index (χ1) is 12.9. The van der Waals surface area contributed by atoms with Crippen LogP contribution in [0.15, 0.2) is 48.7 Å². The maximum Gasteiger partial charge on any atom is 0.326 e. The molecule has 3 aromatic rings. The van der Waals surface area contributed by atoms with E-state index in [1.54, 1.807) is 24.4 Å². The standard InChI is InChI=1S/C19H17Cl2N3O3/c20-14-6-5-11(7-15(14)21)9-23-19(27)24-17(18(25)26)8-12-10-22-16-4-2-1-3-13(12)16/h1-7,10,17,22H,8-9H2,(H,25,26)(H2,23,24,27). The lowest BCUT2D eigenvalue weighted by atomic mass is 10.1. The molecule has 8 heteroatoms. The van der Waals surface area contributed by atoms with Crippen molar-refractivity contribution < 1.29 is 14.7 Å².